The van der Waals surface area contributed by atoms with Gasteiger partial charge in [-0.15, -0.1) is 5.10 Å². The molecule has 7 heteroatoms. The third-order valence-electron chi connectivity index (χ3n) is 5.79. The van der Waals surface area contributed by atoms with Gasteiger partial charge in [-0.25, -0.2) is 4.68 Å². The number of nitrogens with one attached hydrogen (secondary N) is 1. The highest BCUT2D eigenvalue weighted by Crippen LogP contribution is 2.35. The number of aromatic nitrogens is 3. The van der Waals surface area contributed by atoms with Gasteiger partial charge >= 0.3 is 0 Å². The minimum absolute atomic E-state index is 0.134. The molecule has 0 saturated carbocycles. The first kappa shape index (κ1) is 21.0. The third kappa shape index (κ3) is 4.39. The number of benzene rings is 3. The topological polar surface area (TPSA) is 78.3 Å². The molecule has 2 heterocycles. The van der Waals surface area contributed by atoms with Gasteiger partial charge < -0.3 is 14.8 Å². The van der Waals surface area contributed by atoms with Crippen LogP contribution in [0, 0.1) is 0 Å². The summed E-state index contributed by atoms with van der Waals surface area (Å²) in [6, 6.07) is 19.4. The van der Waals surface area contributed by atoms with E-state index in [1.165, 1.54) is 0 Å². The molecule has 3 aromatic carbocycles. The van der Waals surface area contributed by atoms with E-state index < -0.39 is 0 Å². The van der Waals surface area contributed by atoms with Crippen molar-refractivity contribution in [3.63, 3.8) is 0 Å². The number of hydrogen-bond acceptors (Lipinski definition) is 5. The molecule has 1 aromatic heterocycles. The van der Waals surface area contributed by atoms with Gasteiger partial charge in [0.2, 0.25) is 0 Å². The molecule has 0 fully saturated rings. The molecule has 1 atom stereocenters. The Balaban J connectivity index is 1.26. The lowest BCUT2D eigenvalue weighted by Gasteiger charge is -2.13. The summed E-state index contributed by atoms with van der Waals surface area (Å²) in [5.41, 5.74) is 5.56. The van der Waals surface area contributed by atoms with Gasteiger partial charge in [0.25, 0.3) is 5.91 Å². The van der Waals surface area contributed by atoms with Gasteiger partial charge in [0.1, 0.15) is 23.1 Å². The van der Waals surface area contributed by atoms with Crippen molar-refractivity contribution in [2.24, 2.45) is 0 Å². The molecule has 1 N–H and O–H groups in total. The molecule has 0 aliphatic carbocycles. The molecule has 0 bridgehead atoms. The van der Waals surface area contributed by atoms with Crippen LogP contribution < -0.4 is 14.8 Å². The highest BCUT2D eigenvalue weighted by molar-refractivity contribution is 5.94. The second-order valence-corrected chi connectivity index (χ2v) is 8.25. The molecule has 33 heavy (non-hydrogen) atoms. The average Bonchev–Trinajstić information content (AvgIpc) is 3.40. The van der Waals surface area contributed by atoms with Crippen LogP contribution in [0.15, 0.2) is 60.7 Å². The van der Waals surface area contributed by atoms with E-state index in [0.717, 1.165) is 45.6 Å². The number of amides is 1. The maximum atomic E-state index is 12.8. The van der Waals surface area contributed by atoms with Crippen molar-refractivity contribution in [1.29, 1.82) is 0 Å². The number of para-hydroxylation sites is 1. The zero-order valence-corrected chi connectivity index (χ0v) is 18.7. The molecule has 1 amide bonds. The molecule has 0 saturated heterocycles. The summed E-state index contributed by atoms with van der Waals surface area (Å²) in [7, 11) is 0. The Morgan fingerprint density at radius 2 is 2.00 bits per heavy atom. The molecule has 5 rings (SSSR count). The monoisotopic (exact) mass is 442 g/mol. The van der Waals surface area contributed by atoms with E-state index in [9.17, 15) is 4.79 Å². The molecule has 7 nitrogen and oxygen atoms in total. The van der Waals surface area contributed by atoms with Gasteiger partial charge in [-0.2, -0.15) is 0 Å². The van der Waals surface area contributed by atoms with Crippen LogP contribution in [0.1, 0.15) is 40.9 Å². The molecule has 0 spiro atoms. The molecular formula is C26H26N4O3. The van der Waals surface area contributed by atoms with Crippen molar-refractivity contribution in [3.05, 3.63) is 82.9 Å². The zero-order chi connectivity index (χ0) is 22.8. The van der Waals surface area contributed by atoms with Crippen LogP contribution >= 0.6 is 0 Å². The Morgan fingerprint density at radius 1 is 1.18 bits per heavy atom. The molecular weight excluding hydrogens is 416 g/mol. The zero-order valence-electron chi connectivity index (χ0n) is 18.7. The lowest BCUT2D eigenvalue weighted by atomic mass is 10.1. The van der Waals surface area contributed by atoms with Crippen LogP contribution in [0.3, 0.4) is 0 Å². The predicted octanol–water partition coefficient (Wildman–Crippen LogP) is 4.13. The lowest BCUT2D eigenvalue weighted by molar-refractivity contribution is 0.0950. The Bertz CT molecular complexity index is 1300. The van der Waals surface area contributed by atoms with E-state index in [4.69, 9.17) is 9.47 Å². The van der Waals surface area contributed by atoms with Crippen LogP contribution in [0.25, 0.3) is 11.0 Å². The van der Waals surface area contributed by atoms with E-state index in [1.807, 2.05) is 72.3 Å². The van der Waals surface area contributed by atoms with E-state index >= 15 is 0 Å². The summed E-state index contributed by atoms with van der Waals surface area (Å²) < 4.78 is 13.5. The third-order valence-corrected chi connectivity index (χ3v) is 5.79. The van der Waals surface area contributed by atoms with Crippen molar-refractivity contribution >= 4 is 16.9 Å². The minimum atomic E-state index is -0.134. The second-order valence-electron chi connectivity index (χ2n) is 8.25. The van der Waals surface area contributed by atoms with E-state index in [1.54, 1.807) is 0 Å². The normalized spacial score (nSPS) is 14.7. The Kier molecular flexibility index (Phi) is 5.69. The fourth-order valence-corrected chi connectivity index (χ4v) is 4.16. The van der Waals surface area contributed by atoms with Gasteiger partial charge in [0.15, 0.2) is 0 Å². The second kappa shape index (κ2) is 8.94. The number of carbonyl (C=O) groups is 1. The highest BCUT2D eigenvalue weighted by atomic mass is 16.5. The van der Waals surface area contributed by atoms with Crippen molar-refractivity contribution in [3.8, 4) is 11.5 Å². The fourth-order valence-electron chi connectivity index (χ4n) is 4.16. The number of ether oxygens (including phenoxy) is 2. The first-order valence-electron chi connectivity index (χ1n) is 11.2. The maximum Gasteiger partial charge on any atom is 0.251 e. The summed E-state index contributed by atoms with van der Waals surface area (Å²) in [5, 5.41) is 11.4. The number of rotatable bonds is 7. The first-order valence-corrected chi connectivity index (χ1v) is 11.2. The van der Waals surface area contributed by atoms with Crippen LogP contribution in [0.4, 0.5) is 0 Å². The Labute approximate surface area is 192 Å². The maximum absolute atomic E-state index is 12.8. The predicted molar refractivity (Wildman–Crippen MR) is 126 cm³/mol. The van der Waals surface area contributed by atoms with Crippen molar-refractivity contribution < 1.29 is 14.3 Å². The van der Waals surface area contributed by atoms with E-state index in [2.05, 4.69) is 22.6 Å². The van der Waals surface area contributed by atoms with E-state index in [-0.39, 0.29) is 12.0 Å². The van der Waals surface area contributed by atoms with Crippen LogP contribution in [-0.2, 0) is 19.5 Å². The number of hydrogen-bond donors (Lipinski definition) is 1. The van der Waals surface area contributed by atoms with Gasteiger partial charge in [-0.1, -0.05) is 29.5 Å². The number of carbonyl (C=O) groups excluding carboxylic acids is 1. The highest BCUT2D eigenvalue weighted by Gasteiger charge is 2.22. The van der Waals surface area contributed by atoms with Crippen molar-refractivity contribution in [2.45, 2.75) is 39.5 Å². The van der Waals surface area contributed by atoms with Gasteiger partial charge in [-0.05, 0) is 55.8 Å². The van der Waals surface area contributed by atoms with Crippen LogP contribution in [0.5, 0.6) is 11.5 Å². The molecule has 168 valence electrons. The SMILES string of the molecule is CCOc1cc2c(cc1CNC(=O)c1ccc(Cn3nnc4ccccc43)cc1)OC(C)C2. The molecule has 0 radical (unpaired) electrons. The molecule has 1 aliphatic rings. The van der Waals surface area contributed by atoms with Crippen LogP contribution in [-0.4, -0.2) is 33.6 Å². The van der Waals surface area contributed by atoms with Crippen LogP contribution in [0.2, 0.25) is 0 Å². The summed E-state index contributed by atoms with van der Waals surface area (Å²) in [6.45, 7) is 5.54. The Hall–Kier alpha value is -3.87. The summed E-state index contributed by atoms with van der Waals surface area (Å²) in [5.74, 6) is 1.54. The quantitative estimate of drug-likeness (QED) is 0.466. The number of nitrogens with zero attached hydrogens (tertiary/aromatic N) is 3. The Morgan fingerprint density at radius 3 is 2.82 bits per heavy atom. The lowest BCUT2D eigenvalue weighted by Crippen LogP contribution is -2.23. The first-order chi connectivity index (χ1) is 16.1. The standard InChI is InChI=1S/C26H26N4O3/c1-3-32-24-13-20-12-17(2)33-25(20)14-21(24)15-27-26(31)19-10-8-18(9-11-19)16-30-23-7-5-4-6-22(23)28-29-30/h4-11,13-14,17H,3,12,15-16H2,1-2H3,(H,27,31). The van der Waals surface area contributed by atoms with Gasteiger partial charge in [0.05, 0.1) is 18.7 Å². The summed E-state index contributed by atoms with van der Waals surface area (Å²) >= 11 is 0. The summed E-state index contributed by atoms with van der Waals surface area (Å²) in [4.78, 5) is 12.8. The van der Waals surface area contributed by atoms with Gasteiger partial charge in [0, 0.05) is 29.7 Å². The van der Waals surface area contributed by atoms with Crippen molar-refractivity contribution in [2.75, 3.05) is 6.61 Å². The molecule has 4 aromatic rings. The minimum Gasteiger partial charge on any atom is -0.494 e. The molecule has 1 unspecified atom stereocenters. The summed E-state index contributed by atoms with van der Waals surface area (Å²) in [6.07, 6.45) is 1.03. The fraction of sp³-hybridized carbons (Fsp3) is 0.269. The van der Waals surface area contributed by atoms with Crippen molar-refractivity contribution in [1.82, 2.24) is 20.3 Å². The van der Waals surface area contributed by atoms with E-state index in [0.29, 0.717) is 25.3 Å². The number of fused-ring (bicyclic) bond motifs is 2. The molecule has 1 aliphatic heterocycles. The smallest absolute Gasteiger partial charge is 0.251 e. The van der Waals surface area contributed by atoms with Gasteiger partial charge in [-0.3, -0.25) is 4.79 Å². The largest absolute Gasteiger partial charge is 0.494 e. The average molecular weight is 443 g/mol.